The molecule has 0 aliphatic rings. The molecule has 0 rings (SSSR count). The average molecular weight is 737 g/mol. The van der Waals surface area contributed by atoms with Gasteiger partial charge in [0.25, 0.3) is 10.1 Å². The molecular weight excluding hydrogens is 656 g/mol. The van der Waals surface area contributed by atoms with Gasteiger partial charge in [0.1, 0.15) is 6.04 Å². The van der Waals surface area contributed by atoms with Gasteiger partial charge in [0.15, 0.2) is 0 Å². The third-order valence-electron chi connectivity index (χ3n) is 9.86. The van der Waals surface area contributed by atoms with Crippen molar-refractivity contribution in [1.82, 2.24) is 4.90 Å². The minimum atomic E-state index is -3.97. The van der Waals surface area contributed by atoms with Crippen molar-refractivity contribution in [3.8, 4) is 0 Å². The maximum absolute atomic E-state index is 13.4. The van der Waals surface area contributed by atoms with Gasteiger partial charge in [0.05, 0.1) is 5.75 Å². The molecule has 0 spiro atoms. The molecule has 0 aliphatic carbocycles. The van der Waals surface area contributed by atoms with Crippen molar-refractivity contribution in [2.75, 3.05) is 18.8 Å². The monoisotopic (exact) mass is 737 g/mol. The number of carbonyl (C=O) groups is 1. The molecule has 0 aromatic carbocycles. The van der Waals surface area contributed by atoms with E-state index < -0.39 is 16.2 Å². The van der Waals surface area contributed by atoms with Crippen LogP contribution in [0.15, 0.2) is 4.99 Å². The first-order valence-corrected chi connectivity index (χ1v) is 22.8. The summed E-state index contributed by atoms with van der Waals surface area (Å²) in [6.07, 6.45) is 38.1. The second kappa shape index (κ2) is 38.6. The largest absolute Gasteiger partial charge is 1.00 e. The Morgan fingerprint density at radius 2 is 0.860 bits per heavy atom. The van der Waals surface area contributed by atoms with Crippen molar-refractivity contribution >= 4 is 21.9 Å². The number of hydrogen-bond donors (Lipinski definition) is 1. The Kier molecular flexibility index (Phi) is 40.1. The summed E-state index contributed by atoms with van der Waals surface area (Å²) in [5, 5.41) is 12.4. The summed E-state index contributed by atoms with van der Waals surface area (Å²) >= 11 is 0. The van der Waals surface area contributed by atoms with Crippen molar-refractivity contribution in [1.29, 1.82) is 0 Å². The van der Waals surface area contributed by atoms with Crippen LogP contribution in [0, 0.1) is 0 Å². The topological polar surface area (TPSA) is 110 Å². The molecule has 0 aromatic heterocycles. The van der Waals surface area contributed by atoms with Crippen molar-refractivity contribution < 1.29 is 52.4 Å². The number of unbranched alkanes of at least 4 members (excludes halogenated alkanes) is 28. The van der Waals surface area contributed by atoms with Crippen LogP contribution in [0.25, 0.3) is 0 Å². The molecule has 50 heavy (non-hydrogen) atoms. The summed E-state index contributed by atoms with van der Waals surface area (Å²) in [6, 6.07) is -0.691. The zero-order valence-corrected chi connectivity index (χ0v) is 36.5. The summed E-state index contributed by atoms with van der Waals surface area (Å²) in [4.78, 5) is 19.5. The number of aliphatic imine (C=N–C) groups is 1. The van der Waals surface area contributed by atoms with Crippen molar-refractivity contribution in [3.63, 3.8) is 0 Å². The fourth-order valence-electron chi connectivity index (χ4n) is 6.66. The predicted molar refractivity (Wildman–Crippen MR) is 209 cm³/mol. The molecule has 0 bridgehead atoms. The maximum atomic E-state index is 13.4. The summed E-state index contributed by atoms with van der Waals surface area (Å²) in [6.45, 7) is 7.74. The van der Waals surface area contributed by atoms with E-state index in [0.29, 0.717) is 19.3 Å². The Bertz CT molecular complexity index is 839. The van der Waals surface area contributed by atoms with Crippen LogP contribution in [0.5, 0.6) is 0 Å². The molecule has 292 valence electrons. The molecule has 1 atom stereocenters. The minimum Gasteiger partial charge on any atom is -0.862 e. The normalized spacial score (nSPS) is 12.6. The molecule has 0 saturated heterocycles. The molecule has 1 amide bonds. The fourth-order valence-corrected chi connectivity index (χ4v) is 7.23. The van der Waals surface area contributed by atoms with Crippen molar-refractivity contribution in [3.05, 3.63) is 0 Å². The van der Waals surface area contributed by atoms with Crippen LogP contribution in [-0.4, -0.2) is 54.6 Å². The minimum absolute atomic E-state index is 0. The van der Waals surface area contributed by atoms with E-state index in [1.165, 1.54) is 154 Å². The predicted octanol–water partition coefficient (Wildman–Crippen LogP) is 8.38. The molecule has 0 unspecified atom stereocenters. The van der Waals surface area contributed by atoms with E-state index in [1.807, 2.05) is 4.90 Å². The quantitative estimate of drug-likeness (QED) is 0.0225. The first-order valence-electron chi connectivity index (χ1n) is 21.2. The van der Waals surface area contributed by atoms with Gasteiger partial charge in [0, 0.05) is 13.1 Å². The molecule has 0 aliphatic heterocycles. The van der Waals surface area contributed by atoms with Gasteiger partial charge >= 0.3 is 29.6 Å². The number of hydrogen-bond acceptors (Lipinski definition) is 5. The van der Waals surface area contributed by atoms with Gasteiger partial charge in [-0.2, -0.15) is 8.42 Å². The van der Waals surface area contributed by atoms with Gasteiger partial charge in [-0.3, -0.25) is 14.3 Å². The van der Waals surface area contributed by atoms with Crippen LogP contribution in [0.3, 0.4) is 0 Å². The molecule has 0 heterocycles. The van der Waals surface area contributed by atoms with Crippen LogP contribution in [0.1, 0.15) is 226 Å². The van der Waals surface area contributed by atoms with E-state index in [-0.39, 0.29) is 53.5 Å². The Balaban J connectivity index is 0. The first kappa shape index (κ1) is 52.0. The van der Waals surface area contributed by atoms with Gasteiger partial charge in [-0.15, -0.1) is 0 Å². The standard InChI is InChI=1S/C41H82N2O5S.Na/c1-4-6-8-10-12-14-16-18-20-22-24-26-28-32-36-43(37-33-29-27-25-23-21-19-17-15-13-11-9-7-5-2)41(45)39(3)42-40(44)35-31-30-34-38-49(46,47)48;/h39H,4-38H2,1-3H3,(H,42,44)(H,46,47,48);/q;+1/p-1/t39-;/m0./s1. The van der Waals surface area contributed by atoms with Gasteiger partial charge in [-0.05, 0) is 44.9 Å². The number of carbonyl (C=O) groups excluding carboxylic acids is 1. The molecule has 9 heteroatoms. The van der Waals surface area contributed by atoms with E-state index in [9.17, 15) is 18.3 Å². The zero-order chi connectivity index (χ0) is 36.3. The van der Waals surface area contributed by atoms with Crippen LogP contribution < -0.4 is 34.7 Å². The van der Waals surface area contributed by atoms with Gasteiger partial charge < -0.3 is 10.0 Å². The summed E-state index contributed by atoms with van der Waals surface area (Å²) in [7, 11) is -3.97. The van der Waals surface area contributed by atoms with Crippen LogP contribution in [0.2, 0.25) is 0 Å². The van der Waals surface area contributed by atoms with E-state index >= 15 is 0 Å². The number of rotatable bonds is 38. The molecule has 7 nitrogen and oxygen atoms in total. The third kappa shape index (κ3) is 37.6. The van der Waals surface area contributed by atoms with Crippen LogP contribution in [0.4, 0.5) is 0 Å². The Labute approximate surface area is 333 Å². The number of nitrogens with zero attached hydrogens (tertiary/aromatic N) is 2. The third-order valence-corrected chi connectivity index (χ3v) is 10.7. The van der Waals surface area contributed by atoms with Gasteiger partial charge in [-0.25, -0.2) is 0 Å². The van der Waals surface area contributed by atoms with Crippen LogP contribution in [-0.2, 0) is 14.9 Å². The smallest absolute Gasteiger partial charge is 0.862 e. The summed E-state index contributed by atoms with van der Waals surface area (Å²) < 4.78 is 30.6. The maximum Gasteiger partial charge on any atom is 1.00 e. The van der Waals surface area contributed by atoms with E-state index in [0.717, 1.165) is 38.8 Å². The molecule has 0 radical (unpaired) electrons. The summed E-state index contributed by atoms with van der Waals surface area (Å²) in [5.74, 6) is -0.648. The second-order valence-electron chi connectivity index (χ2n) is 14.8. The van der Waals surface area contributed by atoms with E-state index in [4.69, 9.17) is 4.55 Å². The zero-order valence-electron chi connectivity index (χ0n) is 33.7. The molecule has 0 fully saturated rings. The molecule has 1 N–H and O–H groups in total. The average Bonchev–Trinajstić information content (AvgIpc) is 3.06. The molecule has 0 saturated carbocycles. The van der Waals surface area contributed by atoms with Gasteiger partial charge in [-0.1, -0.05) is 187 Å². The SMILES string of the molecule is CCCCCCCCCCCCCCCCN(CCCCCCCCCCCCCCCC)C(=O)[C@H](C)N=C([O-])CCCCCS(=O)(=O)O.[Na+]. The van der Waals surface area contributed by atoms with Gasteiger partial charge in [0.2, 0.25) is 5.91 Å². The fraction of sp³-hybridized carbons (Fsp3) is 0.951. The molecule has 0 aromatic rings. The van der Waals surface area contributed by atoms with Crippen molar-refractivity contribution in [2.45, 2.75) is 232 Å². The number of amides is 1. The summed E-state index contributed by atoms with van der Waals surface area (Å²) in [5.41, 5.74) is 0. The molecular formula is C41H81N2NaO5S. The van der Waals surface area contributed by atoms with Crippen LogP contribution >= 0.6 is 0 Å². The Morgan fingerprint density at radius 1 is 0.560 bits per heavy atom. The second-order valence-corrected chi connectivity index (χ2v) is 16.4. The first-order chi connectivity index (χ1) is 23.7. The van der Waals surface area contributed by atoms with E-state index in [1.54, 1.807) is 6.92 Å². The Hall–Kier alpha value is -0.150. The Morgan fingerprint density at radius 3 is 1.18 bits per heavy atom. The van der Waals surface area contributed by atoms with Crippen molar-refractivity contribution in [2.24, 2.45) is 4.99 Å². The van der Waals surface area contributed by atoms with E-state index in [2.05, 4.69) is 18.8 Å².